The van der Waals surface area contributed by atoms with E-state index in [9.17, 15) is 8.42 Å². The lowest BCUT2D eigenvalue weighted by molar-refractivity contribution is 0.220. The average Bonchev–Trinajstić information content (AvgIpc) is 3.12. The topological polar surface area (TPSA) is 65.2 Å². The van der Waals surface area contributed by atoms with Gasteiger partial charge in [-0.05, 0) is 44.6 Å². The molecule has 2 heterocycles. The molecule has 1 aliphatic heterocycles. The zero-order chi connectivity index (χ0) is 15.0. The van der Waals surface area contributed by atoms with E-state index in [0.29, 0.717) is 29.9 Å². The van der Waals surface area contributed by atoms with Crippen molar-refractivity contribution in [3.63, 3.8) is 0 Å². The Morgan fingerprint density at radius 2 is 2.10 bits per heavy atom. The second-order valence-electron chi connectivity index (χ2n) is 6.61. The lowest BCUT2D eigenvalue weighted by Gasteiger charge is -2.35. The van der Waals surface area contributed by atoms with Crippen molar-refractivity contribution in [3.05, 3.63) is 18.0 Å². The summed E-state index contributed by atoms with van der Waals surface area (Å²) < 4.78 is 27.2. The molecule has 118 valence electrons. The van der Waals surface area contributed by atoms with E-state index in [4.69, 9.17) is 0 Å². The highest BCUT2D eigenvalue weighted by Crippen LogP contribution is 2.28. The lowest BCUT2D eigenvalue weighted by Crippen LogP contribution is -2.43. The Kier molecular flexibility index (Phi) is 4.12. The lowest BCUT2D eigenvalue weighted by atomic mass is 9.95. The molecule has 21 heavy (non-hydrogen) atoms. The Morgan fingerprint density at radius 3 is 2.76 bits per heavy atom. The van der Waals surface area contributed by atoms with Crippen LogP contribution in [-0.2, 0) is 16.6 Å². The van der Waals surface area contributed by atoms with Gasteiger partial charge < -0.3 is 10.3 Å². The number of piperidine rings is 1. The van der Waals surface area contributed by atoms with Crippen LogP contribution in [0.5, 0.6) is 0 Å². The van der Waals surface area contributed by atoms with E-state index in [1.165, 1.54) is 12.8 Å². The van der Waals surface area contributed by atoms with Crippen molar-refractivity contribution in [2.24, 2.45) is 5.92 Å². The van der Waals surface area contributed by atoms with Crippen LogP contribution in [0.25, 0.3) is 0 Å². The second-order valence-corrected chi connectivity index (χ2v) is 8.50. The van der Waals surface area contributed by atoms with Crippen LogP contribution in [-0.4, -0.2) is 36.3 Å². The van der Waals surface area contributed by atoms with Gasteiger partial charge in [-0.1, -0.05) is 6.92 Å². The molecular formula is C15H25N3O2S. The third kappa shape index (κ3) is 3.33. The van der Waals surface area contributed by atoms with Crippen LogP contribution in [0.3, 0.4) is 0 Å². The minimum atomic E-state index is -3.36. The first kappa shape index (κ1) is 15.1. The van der Waals surface area contributed by atoms with Crippen molar-refractivity contribution in [2.45, 2.75) is 63.1 Å². The van der Waals surface area contributed by atoms with Crippen molar-refractivity contribution in [1.82, 2.24) is 14.6 Å². The molecule has 2 aliphatic rings. The minimum Gasteiger partial charge on any atom is -0.363 e. The maximum Gasteiger partial charge on any atom is 0.244 e. The molecule has 2 N–H and O–H groups in total. The Labute approximate surface area is 127 Å². The molecule has 1 saturated heterocycles. The fourth-order valence-electron chi connectivity index (χ4n) is 3.09. The number of H-pyrrole nitrogens is 1. The van der Waals surface area contributed by atoms with Crippen LogP contribution in [0.15, 0.2) is 17.2 Å². The molecule has 6 heteroatoms. The molecule has 1 saturated carbocycles. The van der Waals surface area contributed by atoms with E-state index >= 15 is 0 Å². The molecular weight excluding hydrogens is 286 g/mol. The summed E-state index contributed by atoms with van der Waals surface area (Å²) in [7, 11) is -3.36. The van der Waals surface area contributed by atoms with E-state index in [2.05, 4.69) is 17.2 Å². The third-order valence-electron chi connectivity index (χ3n) is 4.56. The summed E-state index contributed by atoms with van der Waals surface area (Å²) in [6, 6.07) is 2.48. The molecule has 2 unspecified atom stereocenters. The Balaban J connectivity index is 1.71. The first-order chi connectivity index (χ1) is 9.96. The number of hydrogen-bond acceptors (Lipinski definition) is 3. The smallest absolute Gasteiger partial charge is 0.244 e. The third-order valence-corrected chi connectivity index (χ3v) is 6.55. The number of aromatic amines is 1. The molecule has 1 aromatic heterocycles. The zero-order valence-electron chi connectivity index (χ0n) is 12.8. The van der Waals surface area contributed by atoms with Gasteiger partial charge in [-0.15, -0.1) is 0 Å². The van der Waals surface area contributed by atoms with Crippen LogP contribution in [0.1, 0.15) is 45.2 Å². The number of sulfonamides is 1. The molecule has 5 nitrogen and oxygen atoms in total. The molecule has 3 rings (SSSR count). The summed E-state index contributed by atoms with van der Waals surface area (Å²) in [4.78, 5) is 3.49. The number of nitrogens with one attached hydrogen (secondary N) is 2. The van der Waals surface area contributed by atoms with Crippen LogP contribution in [0, 0.1) is 5.92 Å². The number of nitrogens with zero attached hydrogens (tertiary/aromatic N) is 1. The van der Waals surface area contributed by atoms with E-state index in [-0.39, 0.29) is 6.04 Å². The van der Waals surface area contributed by atoms with Gasteiger partial charge in [-0.3, -0.25) is 0 Å². The number of aromatic nitrogens is 1. The van der Waals surface area contributed by atoms with Gasteiger partial charge in [0, 0.05) is 37.1 Å². The van der Waals surface area contributed by atoms with E-state index in [0.717, 1.165) is 18.5 Å². The standard InChI is InChI=1S/C15H25N3O2S/c1-11-5-6-18(12(2)7-11)21(19,20)15-8-14(17-10-15)9-16-13-3-4-13/h8,10-13,16-17H,3-7,9H2,1-2H3. The van der Waals surface area contributed by atoms with Crippen molar-refractivity contribution in [1.29, 1.82) is 0 Å². The highest BCUT2D eigenvalue weighted by Gasteiger charge is 2.33. The molecule has 1 aliphatic carbocycles. The average molecular weight is 311 g/mol. The summed E-state index contributed by atoms with van der Waals surface area (Å²) in [6.07, 6.45) is 5.98. The van der Waals surface area contributed by atoms with Crippen molar-refractivity contribution < 1.29 is 8.42 Å². The monoisotopic (exact) mass is 311 g/mol. The fourth-order valence-corrected chi connectivity index (χ4v) is 4.77. The van der Waals surface area contributed by atoms with Gasteiger partial charge in [-0.25, -0.2) is 8.42 Å². The molecule has 2 atom stereocenters. The predicted molar refractivity (Wildman–Crippen MR) is 82.4 cm³/mol. The van der Waals surface area contributed by atoms with Crippen LogP contribution >= 0.6 is 0 Å². The normalized spacial score (nSPS) is 27.9. The minimum absolute atomic E-state index is 0.0849. The fraction of sp³-hybridized carbons (Fsp3) is 0.733. The van der Waals surface area contributed by atoms with Crippen molar-refractivity contribution in [2.75, 3.05) is 6.54 Å². The molecule has 0 aromatic carbocycles. The second kappa shape index (κ2) is 5.74. The van der Waals surface area contributed by atoms with Gasteiger partial charge in [0.05, 0.1) is 4.90 Å². The van der Waals surface area contributed by atoms with Gasteiger partial charge in [0.1, 0.15) is 0 Å². The molecule has 0 spiro atoms. The zero-order valence-corrected chi connectivity index (χ0v) is 13.6. The first-order valence-corrected chi connectivity index (χ1v) is 9.33. The van der Waals surface area contributed by atoms with Gasteiger partial charge in [-0.2, -0.15) is 4.31 Å². The van der Waals surface area contributed by atoms with E-state index in [1.54, 1.807) is 16.6 Å². The van der Waals surface area contributed by atoms with Gasteiger partial charge in [0.15, 0.2) is 0 Å². The number of rotatable bonds is 5. The van der Waals surface area contributed by atoms with Crippen LogP contribution < -0.4 is 5.32 Å². The molecule has 0 radical (unpaired) electrons. The molecule has 1 aromatic rings. The molecule has 0 amide bonds. The largest absolute Gasteiger partial charge is 0.363 e. The van der Waals surface area contributed by atoms with E-state index in [1.807, 2.05) is 6.92 Å². The summed E-state index contributed by atoms with van der Waals surface area (Å²) >= 11 is 0. The molecule has 2 fully saturated rings. The predicted octanol–water partition coefficient (Wildman–Crippen LogP) is 2.08. The maximum absolute atomic E-state index is 12.8. The Bertz CT molecular complexity index is 592. The molecule has 0 bridgehead atoms. The summed E-state index contributed by atoms with van der Waals surface area (Å²) in [6.45, 7) is 5.55. The summed E-state index contributed by atoms with van der Waals surface area (Å²) in [5.41, 5.74) is 0.943. The highest BCUT2D eigenvalue weighted by molar-refractivity contribution is 7.89. The van der Waals surface area contributed by atoms with Gasteiger partial charge in [0.2, 0.25) is 10.0 Å². The van der Waals surface area contributed by atoms with Crippen LogP contribution in [0.2, 0.25) is 0 Å². The SMILES string of the molecule is CC1CCN(S(=O)(=O)c2c[nH]c(CNC3CC3)c2)C(C)C1. The van der Waals surface area contributed by atoms with Gasteiger partial charge in [0.25, 0.3) is 0 Å². The van der Waals surface area contributed by atoms with Crippen LogP contribution in [0.4, 0.5) is 0 Å². The highest BCUT2D eigenvalue weighted by atomic mass is 32.2. The Morgan fingerprint density at radius 1 is 1.33 bits per heavy atom. The van der Waals surface area contributed by atoms with E-state index < -0.39 is 10.0 Å². The summed E-state index contributed by atoms with van der Waals surface area (Å²) in [5.74, 6) is 0.607. The summed E-state index contributed by atoms with van der Waals surface area (Å²) in [5, 5.41) is 3.39. The first-order valence-electron chi connectivity index (χ1n) is 7.89. The maximum atomic E-state index is 12.8. The van der Waals surface area contributed by atoms with Gasteiger partial charge >= 0.3 is 0 Å². The van der Waals surface area contributed by atoms with Crippen molar-refractivity contribution >= 4 is 10.0 Å². The quantitative estimate of drug-likeness (QED) is 0.875. The number of hydrogen-bond donors (Lipinski definition) is 2. The Hall–Kier alpha value is -0.850. The van der Waals surface area contributed by atoms with Crippen molar-refractivity contribution in [3.8, 4) is 0 Å².